The number of aliphatic hydroxyl groups is 1. The molecule has 19 heavy (non-hydrogen) atoms. The number of nitrogens with one attached hydrogen (secondary N) is 1. The molecule has 1 rings (SSSR count). The third kappa shape index (κ3) is 5.18. The summed E-state index contributed by atoms with van der Waals surface area (Å²) in [5.41, 5.74) is 0. The molecule has 7 heteroatoms. The van der Waals surface area contributed by atoms with Gasteiger partial charge in [0, 0.05) is 11.0 Å². The van der Waals surface area contributed by atoms with Gasteiger partial charge in [0.25, 0.3) is 0 Å². The van der Waals surface area contributed by atoms with Crippen LogP contribution >= 0.6 is 15.9 Å². The molecule has 108 valence electrons. The minimum Gasteiger partial charge on any atom is -0.392 e. The first-order valence-corrected chi connectivity index (χ1v) is 8.12. The van der Waals surface area contributed by atoms with Crippen LogP contribution in [0.15, 0.2) is 27.6 Å². The quantitative estimate of drug-likeness (QED) is 0.824. The third-order valence-corrected chi connectivity index (χ3v) is 4.39. The zero-order chi connectivity index (χ0) is 14.6. The van der Waals surface area contributed by atoms with Crippen LogP contribution < -0.4 is 4.72 Å². The van der Waals surface area contributed by atoms with Crippen molar-refractivity contribution in [2.24, 2.45) is 5.92 Å². The first kappa shape index (κ1) is 16.6. The van der Waals surface area contributed by atoms with Crippen LogP contribution in [0.4, 0.5) is 4.39 Å². The Morgan fingerprint density at radius 1 is 1.42 bits per heavy atom. The van der Waals surface area contributed by atoms with Crippen molar-refractivity contribution in [1.29, 1.82) is 0 Å². The maximum atomic E-state index is 13.6. The highest BCUT2D eigenvalue weighted by Crippen LogP contribution is 2.19. The summed E-state index contributed by atoms with van der Waals surface area (Å²) in [6, 6.07) is 3.71. The number of sulfonamides is 1. The Balaban J connectivity index is 2.76. The second-order valence-electron chi connectivity index (χ2n) is 4.71. The van der Waals surface area contributed by atoms with Gasteiger partial charge in [-0.25, -0.2) is 17.5 Å². The zero-order valence-corrected chi connectivity index (χ0v) is 13.1. The highest BCUT2D eigenvalue weighted by atomic mass is 79.9. The molecule has 0 aromatic heterocycles. The number of rotatable bonds is 6. The lowest BCUT2D eigenvalue weighted by atomic mass is 10.1. The fraction of sp³-hybridized carbons (Fsp3) is 0.500. The van der Waals surface area contributed by atoms with Gasteiger partial charge in [0.1, 0.15) is 10.7 Å². The van der Waals surface area contributed by atoms with E-state index in [1.807, 2.05) is 13.8 Å². The number of halogens is 2. The lowest BCUT2D eigenvalue weighted by Crippen LogP contribution is -2.33. The predicted molar refractivity (Wildman–Crippen MR) is 74.8 cm³/mol. The molecule has 0 fully saturated rings. The Bertz CT molecular complexity index is 534. The molecule has 0 aliphatic rings. The molecule has 0 bridgehead atoms. The van der Waals surface area contributed by atoms with Crippen LogP contribution in [-0.2, 0) is 10.0 Å². The molecule has 1 unspecified atom stereocenters. The molecule has 0 aliphatic heterocycles. The van der Waals surface area contributed by atoms with Gasteiger partial charge in [0.2, 0.25) is 10.0 Å². The van der Waals surface area contributed by atoms with Crippen molar-refractivity contribution in [2.75, 3.05) is 6.54 Å². The van der Waals surface area contributed by atoms with E-state index in [4.69, 9.17) is 0 Å². The molecular weight excluding hydrogens is 337 g/mol. The second-order valence-corrected chi connectivity index (χ2v) is 7.36. The summed E-state index contributed by atoms with van der Waals surface area (Å²) in [5, 5.41) is 9.62. The molecule has 1 aromatic rings. The van der Waals surface area contributed by atoms with E-state index in [1.54, 1.807) is 0 Å². The largest absolute Gasteiger partial charge is 0.392 e. The molecule has 0 saturated carbocycles. The van der Waals surface area contributed by atoms with Crippen molar-refractivity contribution in [2.45, 2.75) is 31.3 Å². The minimum atomic E-state index is -3.94. The van der Waals surface area contributed by atoms with Crippen LogP contribution in [0.3, 0.4) is 0 Å². The summed E-state index contributed by atoms with van der Waals surface area (Å²) < 4.78 is 40.0. The molecule has 0 aliphatic carbocycles. The van der Waals surface area contributed by atoms with Gasteiger partial charge in [0.15, 0.2) is 0 Å². The van der Waals surface area contributed by atoms with Crippen LogP contribution in [0.2, 0.25) is 0 Å². The van der Waals surface area contributed by atoms with Crippen molar-refractivity contribution in [3.05, 3.63) is 28.5 Å². The standard InChI is InChI=1S/C12H17BrFNO3S/c1-8(2)5-10(16)7-15-19(17,18)12-4-3-9(13)6-11(12)14/h3-4,6,8,10,15-16H,5,7H2,1-2H3. The molecule has 1 aromatic carbocycles. The third-order valence-electron chi connectivity index (χ3n) is 2.44. The average Bonchev–Trinajstić information content (AvgIpc) is 2.25. The van der Waals surface area contributed by atoms with E-state index < -0.39 is 26.8 Å². The van der Waals surface area contributed by atoms with Gasteiger partial charge in [-0.3, -0.25) is 0 Å². The highest BCUT2D eigenvalue weighted by molar-refractivity contribution is 9.10. The molecule has 0 saturated heterocycles. The predicted octanol–water partition coefficient (Wildman–Crippen LogP) is 2.27. The van der Waals surface area contributed by atoms with Crippen LogP contribution in [0.25, 0.3) is 0 Å². The minimum absolute atomic E-state index is 0.129. The summed E-state index contributed by atoms with van der Waals surface area (Å²) in [7, 11) is -3.94. The maximum Gasteiger partial charge on any atom is 0.243 e. The smallest absolute Gasteiger partial charge is 0.243 e. The number of aliphatic hydroxyl groups excluding tert-OH is 1. The second kappa shape index (κ2) is 6.78. The number of hydrogen-bond acceptors (Lipinski definition) is 3. The summed E-state index contributed by atoms with van der Waals surface area (Å²) in [5.74, 6) is -0.579. The molecule has 0 spiro atoms. The van der Waals surface area contributed by atoms with Crippen molar-refractivity contribution < 1.29 is 17.9 Å². The topological polar surface area (TPSA) is 66.4 Å². The van der Waals surface area contributed by atoms with E-state index in [2.05, 4.69) is 20.7 Å². The van der Waals surface area contributed by atoms with E-state index in [0.29, 0.717) is 10.9 Å². The Hall–Kier alpha value is -0.500. The van der Waals surface area contributed by atoms with Gasteiger partial charge in [-0.15, -0.1) is 0 Å². The van der Waals surface area contributed by atoms with Gasteiger partial charge >= 0.3 is 0 Å². The van der Waals surface area contributed by atoms with E-state index in [9.17, 15) is 17.9 Å². The lowest BCUT2D eigenvalue weighted by molar-refractivity contribution is 0.152. The van der Waals surface area contributed by atoms with Gasteiger partial charge in [0.05, 0.1) is 6.10 Å². The van der Waals surface area contributed by atoms with Crippen molar-refractivity contribution in [3.63, 3.8) is 0 Å². The molecule has 0 heterocycles. The fourth-order valence-corrected chi connectivity index (χ4v) is 3.07. The van der Waals surface area contributed by atoms with Crippen LogP contribution in [0, 0.1) is 11.7 Å². The SMILES string of the molecule is CC(C)CC(O)CNS(=O)(=O)c1ccc(Br)cc1F. The maximum absolute atomic E-state index is 13.6. The Morgan fingerprint density at radius 2 is 2.05 bits per heavy atom. The monoisotopic (exact) mass is 353 g/mol. The Labute approximate surface area is 121 Å². The van der Waals surface area contributed by atoms with E-state index in [1.165, 1.54) is 12.1 Å². The first-order valence-electron chi connectivity index (χ1n) is 5.85. The van der Waals surface area contributed by atoms with E-state index in [0.717, 1.165) is 6.07 Å². The molecule has 4 nitrogen and oxygen atoms in total. The highest BCUT2D eigenvalue weighted by Gasteiger charge is 2.20. The molecular formula is C12H17BrFNO3S. The Kier molecular flexibility index (Phi) is 5.91. The zero-order valence-electron chi connectivity index (χ0n) is 10.7. The van der Waals surface area contributed by atoms with Crippen LogP contribution in [-0.4, -0.2) is 26.2 Å². The van der Waals surface area contributed by atoms with Gasteiger partial charge < -0.3 is 5.11 Å². The first-order chi connectivity index (χ1) is 8.72. The molecule has 0 radical (unpaired) electrons. The lowest BCUT2D eigenvalue weighted by Gasteiger charge is -2.14. The molecule has 2 N–H and O–H groups in total. The van der Waals surface area contributed by atoms with Crippen molar-refractivity contribution in [3.8, 4) is 0 Å². The van der Waals surface area contributed by atoms with Crippen LogP contribution in [0.5, 0.6) is 0 Å². The summed E-state index contributed by atoms with van der Waals surface area (Å²) >= 11 is 3.06. The number of benzene rings is 1. The van der Waals surface area contributed by atoms with Gasteiger partial charge in [-0.2, -0.15) is 0 Å². The molecule has 1 atom stereocenters. The van der Waals surface area contributed by atoms with Crippen LogP contribution in [0.1, 0.15) is 20.3 Å². The molecule has 0 amide bonds. The summed E-state index contributed by atoms with van der Waals surface area (Å²) in [6.45, 7) is 3.72. The van der Waals surface area contributed by atoms with E-state index in [-0.39, 0.29) is 12.5 Å². The Morgan fingerprint density at radius 3 is 2.58 bits per heavy atom. The average molecular weight is 354 g/mol. The van der Waals surface area contributed by atoms with Gasteiger partial charge in [-0.05, 0) is 30.5 Å². The normalized spacial score (nSPS) is 13.8. The summed E-state index contributed by atoms with van der Waals surface area (Å²) in [6.07, 6.45) is -0.306. The fourth-order valence-electron chi connectivity index (χ4n) is 1.60. The number of hydrogen-bond donors (Lipinski definition) is 2. The van der Waals surface area contributed by atoms with E-state index >= 15 is 0 Å². The van der Waals surface area contributed by atoms with Crippen molar-refractivity contribution in [1.82, 2.24) is 4.72 Å². The van der Waals surface area contributed by atoms with Crippen molar-refractivity contribution >= 4 is 26.0 Å². The summed E-state index contributed by atoms with van der Waals surface area (Å²) in [4.78, 5) is -0.424. The van der Waals surface area contributed by atoms with Gasteiger partial charge in [-0.1, -0.05) is 29.8 Å².